The first-order valence-corrected chi connectivity index (χ1v) is 6.30. The average Bonchev–Trinajstić information content (AvgIpc) is 2.29. The molecule has 0 heterocycles. The minimum atomic E-state index is -0.328. The van der Waals surface area contributed by atoms with Crippen LogP contribution >= 0.6 is 0 Å². The van der Waals surface area contributed by atoms with Gasteiger partial charge in [-0.1, -0.05) is 25.1 Å². The highest BCUT2D eigenvalue weighted by Gasteiger charge is 2.09. The summed E-state index contributed by atoms with van der Waals surface area (Å²) in [6.45, 7) is 6.49. The summed E-state index contributed by atoms with van der Waals surface area (Å²) in [7, 11) is 2.02. The molecule has 17 heavy (non-hydrogen) atoms. The van der Waals surface area contributed by atoms with Gasteiger partial charge in [0.2, 0.25) is 0 Å². The number of anilines is 1. The minimum Gasteiger partial charge on any atom is -0.390 e. The quantitative estimate of drug-likeness (QED) is 0.709. The Bertz CT molecular complexity index is 328. The summed E-state index contributed by atoms with van der Waals surface area (Å²) in [4.78, 5) is 2.10. The fraction of sp³-hybridized carbons (Fsp3) is 0.571. The summed E-state index contributed by atoms with van der Waals surface area (Å²) in [5.41, 5.74) is 2.42. The number of likely N-dealkylation sites (N-methyl/N-ethyl adjacent to an activating group) is 1. The fourth-order valence-corrected chi connectivity index (χ4v) is 1.92. The van der Waals surface area contributed by atoms with Crippen molar-refractivity contribution in [2.75, 3.05) is 31.6 Å². The topological polar surface area (TPSA) is 35.5 Å². The molecule has 0 aliphatic heterocycles. The summed E-state index contributed by atoms with van der Waals surface area (Å²) in [5, 5.41) is 13.1. The molecule has 0 aliphatic rings. The minimum absolute atomic E-state index is 0.328. The van der Waals surface area contributed by atoms with E-state index >= 15 is 0 Å². The van der Waals surface area contributed by atoms with Crippen molar-refractivity contribution in [3.05, 3.63) is 29.8 Å². The van der Waals surface area contributed by atoms with E-state index in [1.165, 1.54) is 11.3 Å². The van der Waals surface area contributed by atoms with Gasteiger partial charge >= 0.3 is 0 Å². The number of rotatable bonds is 7. The van der Waals surface area contributed by atoms with Crippen LogP contribution in [0, 0.1) is 6.92 Å². The van der Waals surface area contributed by atoms with Crippen molar-refractivity contribution in [2.45, 2.75) is 26.4 Å². The molecule has 2 N–H and O–H groups in total. The number of benzene rings is 1. The highest BCUT2D eigenvalue weighted by molar-refractivity contribution is 5.52. The molecule has 96 valence electrons. The van der Waals surface area contributed by atoms with Gasteiger partial charge in [-0.3, -0.25) is 0 Å². The van der Waals surface area contributed by atoms with Crippen molar-refractivity contribution in [1.82, 2.24) is 5.32 Å². The van der Waals surface area contributed by atoms with Crippen molar-refractivity contribution in [1.29, 1.82) is 0 Å². The molecule has 0 radical (unpaired) electrons. The number of nitrogens with zero attached hydrogens (tertiary/aromatic N) is 1. The third kappa shape index (κ3) is 4.75. The average molecular weight is 236 g/mol. The van der Waals surface area contributed by atoms with Crippen LogP contribution in [-0.2, 0) is 0 Å². The molecule has 3 heteroatoms. The first kappa shape index (κ1) is 14.0. The molecular weight excluding hydrogens is 212 g/mol. The number of aliphatic hydroxyl groups excluding tert-OH is 1. The largest absolute Gasteiger partial charge is 0.390 e. The Morgan fingerprint density at radius 2 is 2.06 bits per heavy atom. The second-order valence-corrected chi connectivity index (χ2v) is 4.52. The molecule has 1 aromatic carbocycles. The van der Waals surface area contributed by atoms with Crippen LogP contribution in [-0.4, -0.2) is 37.9 Å². The number of hydrogen-bond donors (Lipinski definition) is 2. The third-order valence-electron chi connectivity index (χ3n) is 2.82. The molecule has 0 aliphatic carbocycles. The van der Waals surface area contributed by atoms with Crippen molar-refractivity contribution >= 4 is 5.69 Å². The van der Waals surface area contributed by atoms with E-state index in [1.54, 1.807) is 0 Å². The van der Waals surface area contributed by atoms with E-state index in [-0.39, 0.29) is 6.10 Å². The Morgan fingerprint density at radius 3 is 2.71 bits per heavy atom. The molecular formula is C14H24N2O. The van der Waals surface area contributed by atoms with Crippen LogP contribution in [0.3, 0.4) is 0 Å². The second kappa shape index (κ2) is 7.30. The van der Waals surface area contributed by atoms with Crippen LogP contribution in [0.1, 0.15) is 18.9 Å². The van der Waals surface area contributed by atoms with Gasteiger partial charge in [0.1, 0.15) is 0 Å². The fourth-order valence-electron chi connectivity index (χ4n) is 1.92. The van der Waals surface area contributed by atoms with Crippen molar-refractivity contribution in [3.8, 4) is 0 Å². The van der Waals surface area contributed by atoms with Crippen LogP contribution in [0.15, 0.2) is 24.3 Å². The summed E-state index contributed by atoms with van der Waals surface area (Å²) >= 11 is 0. The summed E-state index contributed by atoms with van der Waals surface area (Å²) in [5.74, 6) is 0. The molecule has 0 saturated carbocycles. The van der Waals surface area contributed by atoms with Gasteiger partial charge in [0.25, 0.3) is 0 Å². The number of para-hydroxylation sites is 1. The monoisotopic (exact) mass is 236 g/mol. The zero-order valence-electron chi connectivity index (χ0n) is 11.1. The standard InChI is InChI=1S/C14H24N2O/c1-4-9-15-10-13(17)11-16(3)14-8-6-5-7-12(14)2/h5-8,13,15,17H,4,9-11H2,1-3H3. The van der Waals surface area contributed by atoms with Gasteiger partial charge in [0.05, 0.1) is 6.10 Å². The van der Waals surface area contributed by atoms with Crippen molar-refractivity contribution in [3.63, 3.8) is 0 Å². The molecule has 0 amide bonds. The van der Waals surface area contributed by atoms with Gasteiger partial charge < -0.3 is 15.3 Å². The second-order valence-electron chi connectivity index (χ2n) is 4.52. The smallest absolute Gasteiger partial charge is 0.0839 e. The predicted octanol–water partition coefficient (Wildman–Crippen LogP) is 1.79. The lowest BCUT2D eigenvalue weighted by Gasteiger charge is -2.24. The van der Waals surface area contributed by atoms with E-state index in [9.17, 15) is 5.11 Å². The molecule has 1 atom stereocenters. The van der Waals surface area contributed by atoms with Crippen molar-refractivity contribution in [2.24, 2.45) is 0 Å². The Morgan fingerprint density at radius 1 is 1.35 bits per heavy atom. The number of nitrogens with one attached hydrogen (secondary N) is 1. The Kier molecular flexibility index (Phi) is 6.01. The number of hydrogen-bond acceptors (Lipinski definition) is 3. The molecule has 0 aromatic heterocycles. The molecule has 1 unspecified atom stereocenters. The summed E-state index contributed by atoms with van der Waals surface area (Å²) in [6, 6.07) is 8.24. The van der Waals surface area contributed by atoms with Gasteiger partial charge in [0.15, 0.2) is 0 Å². The van der Waals surface area contributed by atoms with Gasteiger partial charge in [-0.2, -0.15) is 0 Å². The molecule has 3 nitrogen and oxygen atoms in total. The van der Waals surface area contributed by atoms with Crippen LogP contribution in [0.2, 0.25) is 0 Å². The van der Waals surface area contributed by atoms with Crippen LogP contribution < -0.4 is 10.2 Å². The lowest BCUT2D eigenvalue weighted by molar-refractivity contribution is 0.178. The first-order chi connectivity index (χ1) is 8.15. The van der Waals surface area contributed by atoms with Gasteiger partial charge in [-0.15, -0.1) is 0 Å². The summed E-state index contributed by atoms with van der Waals surface area (Å²) in [6.07, 6.45) is 0.770. The van der Waals surface area contributed by atoms with Crippen molar-refractivity contribution < 1.29 is 5.11 Å². The highest BCUT2D eigenvalue weighted by Crippen LogP contribution is 2.17. The van der Waals surface area contributed by atoms with Gasteiger partial charge in [0, 0.05) is 25.8 Å². The normalized spacial score (nSPS) is 12.5. The van der Waals surface area contributed by atoms with E-state index in [2.05, 4.69) is 36.2 Å². The lowest BCUT2D eigenvalue weighted by Crippen LogP contribution is -2.37. The van der Waals surface area contributed by atoms with Crippen LogP contribution in [0.25, 0.3) is 0 Å². The Hall–Kier alpha value is -1.06. The zero-order valence-corrected chi connectivity index (χ0v) is 11.1. The number of aryl methyl sites for hydroxylation is 1. The van der Waals surface area contributed by atoms with E-state index < -0.39 is 0 Å². The van der Waals surface area contributed by atoms with E-state index in [1.807, 2.05) is 19.2 Å². The lowest BCUT2D eigenvalue weighted by atomic mass is 10.2. The zero-order chi connectivity index (χ0) is 12.7. The highest BCUT2D eigenvalue weighted by atomic mass is 16.3. The Balaban J connectivity index is 2.43. The molecule has 0 saturated heterocycles. The predicted molar refractivity (Wildman–Crippen MR) is 73.6 cm³/mol. The van der Waals surface area contributed by atoms with E-state index in [0.29, 0.717) is 13.1 Å². The number of aliphatic hydroxyl groups is 1. The van der Waals surface area contributed by atoms with Crippen LogP contribution in [0.4, 0.5) is 5.69 Å². The molecule has 0 fully saturated rings. The molecule has 0 bridgehead atoms. The van der Waals surface area contributed by atoms with E-state index in [0.717, 1.165) is 13.0 Å². The first-order valence-electron chi connectivity index (χ1n) is 6.30. The maximum Gasteiger partial charge on any atom is 0.0839 e. The molecule has 0 spiro atoms. The molecule has 1 aromatic rings. The third-order valence-corrected chi connectivity index (χ3v) is 2.82. The van der Waals surface area contributed by atoms with Gasteiger partial charge in [-0.05, 0) is 31.5 Å². The SMILES string of the molecule is CCCNCC(O)CN(C)c1ccccc1C. The molecule has 1 rings (SSSR count). The maximum absolute atomic E-state index is 9.89. The maximum atomic E-state index is 9.89. The van der Waals surface area contributed by atoms with Crippen LogP contribution in [0.5, 0.6) is 0 Å². The summed E-state index contributed by atoms with van der Waals surface area (Å²) < 4.78 is 0. The van der Waals surface area contributed by atoms with Gasteiger partial charge in [-0.25, -0.2) is 0 Å². The Labute approximate surface area is 104 Å². The van der Waals surface area contributed by atoms with E-state index in [4.69, 9.17) is 0 Å².